The maximum Gasteiger partial charge on any atom is 0.231 e. The molecular weight excluding hydrogens is 240 g/mol. The van der Waals surface area contributed by atoms with Crippen LogP contribution in [0.15, 0.2) is 46.9 Å². The second-order valence-corrected chi connectivity index (χ2v) is 4.18. The Kier molecular flexibility index (Phi) is 2.83. The van der Waals surface area contributed by atoms with E-state index in [1.165, 1.54) is 0 Å². The van der Waals surface area contributed by atoms with Crippen LogP contribution in [0.1, 0.15) is 6.92 Å². The number of fused-ring (bicyclic) bond motifs is 1. The monoisotopic (exact) mass is 254 g/mol. The molecule has 0 aliphatic rings. The second kappa shape index (κ2) is 4.65. The summed E-state index contributed by atoms with van der Waals surface area (Å²) in [6.45, 7) is 2.55. The lowest BCUT2D eigenvalue weighted by atomic mass is 10.2. The molecule has 19 heavy (non-hydrogen) atoms. The molecule has 2 aromatic carbocycles. The van der Waals surface area contributed by atoms with Crippen LogP contribution in [0.25, 0.3) is 22.6 Å². The van der Waals surface area contributed by atoms with E-state index in [9.17, 15) is 0 Å². The molecule has 1 aromatic heterocycles. The van der Waals surface area contributed by atoms with Gasteiger partial charge < -0.3 is 14.9 Å². The molecule has 0 bridgehead atoms. The lowest BCUT2D eigenvalue weighted by Crippen LogP contribution is -1.93. The second-order valence-electron chi connectivity index (χ2n) is 4.18. The Labute approximate surface area is 110 Å². The Balaban J connectivity index is 2.13. The summed E-state index contributed by atoms with van der Waals surface area (Å²) in [4.78, 5) is 4.46. The van der Waals surface area contributed by atoms with Crippen LogP contribution < -0.4 is 10.5 Å². The van der Waals surface area contributed by atoms with Crippen LogP contribution in [0.5, 0.6) is 5.75 Å². The fraction of sp³-hybridized carbons (Fsp3) is 0.133. The Morgan fingerprint density at radius 1 is 1.21 bits per heavy atom. The van der Waals surface area contributed by atoms with Gasteiger partial charge in [0, 0.05) is 11.8 Å². The zero-order chi connectivity index (χ0) is 13.2. The molecule has 0 fully saturated rings. The Morgan fingerprint density at radius 3 is 2.89 bits per heavy atom. The average Bonchev–Trinajstić information content (AvgIpc) is 2.82. The van der Waals surface area contributed by atoms with Crippen molar-refractivity contribution in [1.82, 2.24) is 4.98 Å². The molecule has 4 heteroatoms. The van der Waals surface area contributed by atoms with Gasteiger partial charge in [-0.2, -0.15) is 0 Å². The minimum Gasteiger partial charge on any atom is -0.493 e. The van der Waals surface area contributed by atoms with E-state index in [-0.39, 0.29) is 0 Å². The van der Waals surface area contributed by atoms with Gasteiger partial charge in [-0.3, -0.25) is 0 Å². The van der Waals surface area contributed by atoms with Crippen molar-refractivity contribution >= 4 is 16.8 Å². The first kappa shape index (κ1) is 11.6. The Hall–Kier alpha value is -2.49. The van der Waals surface area contributed by atoms with Crippen molar-refractivity contribution < 1.29 is 9.15 Å². The fourth-order valence-electron chi connectivity index (χ4n) is 1.98. The van der Waals surface area contributed by atoms with Crippen LogP contribution >= 0.6 is 0 Å². The number of hydrogen-bond acceptors (Lipinski definition) is 4. The van der Waals surface area contributed by atoms with E-state index in [4.69, 9.17) is 14.9 Å². The summed E-state index contributed by atoms with van der Waals surface area (Å²) in [6, 6.07) is 13.1. The number of anilines is 1. The number of nitrogen functional groups attached to an aromatic ring is 1. The highest BCUT2D eigenvalue weighted by atomic mass is 16.5. The minimum atomic E-state index is 0.546. The molecule has 0 atom stereocenters. The highest BCUT2D eigenvalue weighted by molar-refractivity contribution is 5.80. The minimum absolute atomic E-state index is 0.546. The van der Waals surface area contributed by atoms with Crippen molar-refractivity contribution in [3.63, 3.8) is 0 Å². The van der Waals surface area contributed by atoms with Gasteiger partial charge in [0.15, 0.2) is 5.58 Å². The number of nitrogens with zero attached hydrogens (tertiary/aromatic N) is 1. The Bertz CT molecular complexity index is 719. The first-order chi connectivity index (χ1) is 9.28. The van der Waals surface area contributed by atoms with Crippen LogP contribution in [-0.4, -0.2) is 11.6 Å². The fourth-order valence-corrected chi connectivity index (χ4v) is 1.98. The molecular formula is C15H14N2O2. The molecule has 1 heterocycles. The summed E-state index contributed by atoms with van der Waals surface area (Å²) in [5.74, 6) is 1.31. The molecule has 0 saturated heterocycles. The van der Waals surface area contributed by atoms with E-state index in [0.29, 0.717) is 23.8 Å². The number of oxazole rings is 1. The van der Waals surface area contributed by atoms with Crippen LogP contribution in [0.3, 0.4) is 0 Å². The predicted octanol–water partition coefficient (Wildman–Crippen LogP) is 3.48. The van der Waals surface area contributed by atoms with Gasteiger partial charge >= 0.3 is 0 Å². The van der Waals surface area contributed by atoms with Gasteiger partial charge in [0.1, 0.15) is 11.3 Å². The summed E-state index contributed by atoms with van der Waals surface area (Å²) in [5, 5.41) is 0. The molecule has 2 N–H and O–H groups in total. The topological polar surface area (TPSA) is 61.3 Å². The van der Waals surface area contributed by atoms with Gasteiger partial charge in [0.25, 0.3) is 0 Å². The SMILES string of the molecule is CCOc1ccccc1-c1nc2ccc(N)cc2o1. The van der Waals surface area contributed by atoms with Crippen molar-refractivity contribution in [2.45, 2.75) is 6.92 Å². The number of ether oxygens (including phenoxy) is 1. The van der Waals surface area contributed by atoms with E-state index < -0.39 is 0 Å². The molecule has 3 aromatic rings. The highest BCUT2D eigenvalue weighted by Crippen LogP contribution is 2.32. The van der Waals surface area contributed by atoms with Crippen molar-refractivity contribution in [3.8, 4) is 17.2 Å². The molecule has 0 spiro atoms. The Morgan fingerprint density at radius 2 is 2.05 bits per heavy atom. The lowest BCUT2D eigenvalue weighted by Gasteiger charge is -2.06. The number of rotatable bonds is 3. The van der Waals surface area contributed by atoms with Crippen molar-refractivity contribution in [2.24, 2.45) is 0 Å². The smallest absolute Gasteiger partial charge is 0.231 e. The molecule has 96 valence electrons. The summed E-state index contributed by atoms with van der Waals surface area (Å²) < 4.78 is 11.3. The first-order valence-corrected chi connectivity index (χ1v) is 6.16. The summed E-state index contributed by atoms with van der Waals surface area (Å²) in [7, 11) is 0. The summed E-state index contributed by atoms with van der Waals surface area (Å²) >= 11 is 0. The van der Waals surface area contributed by atoms with Crippen molar-refractivity contribution in [3.05, 3.63) is 42.5 Å². The molecule has 3 rings (SSSR count). The standard InChI is InChI=1S/C15H14N2O2/c1-2-18-13-6-4-3-5-11(13)15-17-12-8-7-10(16)9-14(12)19-15/h3-9H,2,16H2,1H3. The van der Waals surface area contributed by atoms with Crippen LogP contribution in [0.4, 0.5) is 5.69 Å². The third kappa shape index (κ3) is 2.12. The summed E-state index contributed by atoms with van der Waals surface area (Å²) in [5.41, 5.74) is 8.71. The van der Waals surface area contributed by atoms with E-state index in [2.05, 4.69) is 4.98 Å². The van der Waals surface area contributed by atoms with Gasteiger partial charge in [-0.1, -0.05) is 12.1 Å². The predicted molar refractivity (Wildman–Crippen MR) is 75.0 cm³/mol. The third-order valence-electron chi connectivity index (χ3n) is 2.83. The zero-order valence-corrected chi connectivity index (χ0v) is 10.6. The van der Waals surface area contributed by atoms with E-state index in [1.807, 2.05) is 43.3 Å². The van der Waals surface area contributed by atoms with Crippen molar-refractivity contribution in [2.75, 3.05) is 12.3 Å². The largest absolute Gasteiger partial charge is 0.493 e. The summed E-state index contributed by atoms with van der Waals surface area (Å²) in [6.07, 6.45) is 0. The number of aromatic nitrogens is 1. The first-order valence-electron chi connectivity index (χ1n) is 6.16. The quantitative estimate of drug-likeness (QED) is 0.727. The van der Waals surface area contributed by atoms with E-state index in [0.717, 1.165) is 16.8 Å². The van der Waals surface area contributed by atoms with Gasteiger partial charge in [-0.15, -0.1) is 0 Å². The number of hydrogen-bond donors (Lipinski definition) is 1. The normalized spacial score (nSPS) is 10.8. The molecule has 0 amide bonds. The highest BCUT2D eigenvalue weighted by Gasteiger charge is 2.12. The molecule has 0 saturated carbocycles. The van der Waals surface area contributed by atoms with Gasteiger partial charge in [0.2, 0.25) is 5.89 Å². The van der Waals surface area contributed by atoms with Gasteiger partial charge in [-0.05, 0) is 31.2 Å². The van der Waals surface area contributed by atoms with Gasteiger partial charge in [0.05, 0.1) is 12.2 Å². The van der Waals surface area contributed by atoms with Crippen LogP contribution in [-0.2, 0) is 0 Å². The van der Waals surface area contributed by atoms with E-state index >= 15 is 0 Å². The molecule has 0 unspecified atom stereocenters. The zero-order valence-electron chi connectivity index (χ0n) is 10.6. The molecule has 4 nitrogen and oxygen atoms in total. The lowest BCUT2D eigenvalue weighted by molar-refractivity contribution is 0.340. The van der Waals surface area contributed by atoms with Crippen LogP contribution in [0, 0.1) is 0 Å². The number of benzene rings is 2. The number of nitrogens with two attached hydrogens (primary N) is 1. The molecule has 0 aliphatic carbocycles. The molecule has 0 aliphatic heterocycles. The average molecular weight is 254 g/mol. The van der Waals surface area contributed by atoms with Crippen molar-refractivity contribution in [1.29, 1.82) is 0 Å². The number of para-hydroxylation sites is 1. The van der Waals surface area contributed by atoms with Crippen LogP contribution in [0.2, 0.25) is 0 Å². The van der Waals surface area contributed by atoms with E-state index in [1.54, 1.807) is 6.07 Å². The maximum absolute atomic E-state index is 5.75. The maximum atomic E-state index is 5.75. The molecule has 0 radical (unpaired) electrons. The van der Waals surface area contributed by atoms with Gasteiger partial charge in [-0.25, -0.2) is 4.98 Å². The third-order valence-corrected chi connectivity index (χ3v) is 2.83.